The number of carbonyl (C=O) groups is 1. The lowest BCUT2D eigenvalue weighted by atomic mass is 10.1. The molecule has 1 aliphatic heterocycles. The Morgan fingerprint density at radius 1 is 1.39 bits per heavy atom. The molecule has 0 spiro atoms. The minimum atomic E-state index is 0.0609. The Labute approximate surface area is 108 Å². The molecule has 0 radical (unpaired) electrons. The van der Waals surface area contributed by atoms with E-state index in [0.717, 1.165) is 24.9 Å². The van der Waals surface area contributed by atoms with E-state index in [2.05, 4.69) is 0 Å². The molecular weight excluding hydrogens is 224 g/mol. The van der Waals surface area contributed by atoms with Crippen LogP contribution >= 0.6 is 0 Å². The van der Waals surface area contributed by atoms with E-state index in [0.29, 0.717) is 6.54 Å². The highest BCUT2D eigenvalue weighted by Gasteiger charge is 2.19. The fourth-order valence-electron chi connectivity index (χ4n) is 2.16. The molecule has 0 saturated carbocycles. The number of aryl methyl sites for hydroxylation is 1. The lowest BCUT2D eigenvalue weighted by Gasteiger charge is -2.29. The topological polar surface area (TPSA) is 46.3 Å². The van der Waals surface area contributed by atoms with Crippen molar-refractivity contribution in [1.82, 2.24) is 4.90 Å². The zero-order valence-corrected chi connectivity index (χ0v) is 10.8. The molecule has 1 amide bonds. The first-order valence-corrected chi connectivity index (χ1v) is 6.44. The van der Waals surface area contributed by atoms with Gasteiger partial charge < -0.3 is 10.6 Å². The maximum Gasteiger partial charge on any atom is 0.246 e. The summed E-state index contributed by atoms with van der Waals surface area (Å²) < 4.78 is 0. The molecule has 1 aromatic rings. The number of hydrogen-bond donors (Lipinski definition) is 1. The van der Waals surface area contributed by atoms with E-state index in [9.17, 15) is 4.79 Å². The number of hydrogen-bond acceptors (Lipinski definition) is 2. The average Bonchev–Trinajstić information content (AvgIpc) is 2.38. The van der Waals surface area contributed by atoms with Crippen molar-refractivity contribution in [3.63, 3.8) is 0 Å². The Kier molecular flexibility index (Phi) is 4.15. The van der Waals surface area contributed by atoms with Crippen molar-refractivity contribution in [3.05, 3.63) is 41.5 Å². The second-order valence-corrected chi connectivity index (χ2v) is 4.93. The number of carbonyl (C=O) groups excluding carboxylic acids is 1. The lowest BCUT2D eigenvalue weighted by Crippen LogP contribution is -2.45. The number of nitrogens with two attached hydrogens (primary N) is 1. The van der Waals surface area contributed by atoms with E-state index in [1.165, 1.54) is 5.56 Å². The first kappa shape index (κ1) is 12.8. The molecule has 1 unspecified atom stereocenters. The number of rotatable bonds is 2. The van der Waals surface area contributed by atoms with Crippen molar-refractivity contribution in [2.75, 3.05) is 13.1 Å². The molecule has 3 nitrogen and oxygen atoms in total. The van der Waals surface area contributed by atoms with Gasteiger partial charge in [0.1, 0.15) is 0 Å². The molecule has 2 rings (SSSR count). The Bertz CT molecular complexity index is 436. The summed E-state index contributed by atoms with van der Waals surface area (Å²) in [7, 11) is 0. The van der Waals surface area contributed by atoms with E-state index < -0.39 is 0 Å². The van der Waals surface area contributed by atoms with E-state index in [-0.39, 0.29) is 11.9 Å². The summed E-state index contributed by atoms with van der Waals surface area (Å²) in [5.74, 6) is 0.0609. The number of amides is 1. The van der Waals surface area contributed by atoms with Crippen LogP contribution < -0.4 is 5.73 Å². The number of likely N-dealkylation sites (tertiary alicyclic amines) is 1. The first-order valence-electron chi connectivity index (χ1n) is 6.44. The van der Waals surface area contributed by atoms with Crippen LogP contribution in [-0.4, -0.2) is 29.9 Å². The van der Waals surface area contributed by atoms with Gasteiger partial charge in [-0.05, 0) is 31.4 Å². The summed E-state index contributed by atoms with van der Waals surface area (Å²) in [6, 6.07) is 8.25. The van der Waals surface area contributed by atoms with E-state index in [1.54, 1.807) is 6.08 Å². The Balaban J connectivity index is 1.96. The molecule has 2 N–H and O–H groups in total. The molecule has 0 bridgehead atoms. The van der Waals surface area contributed by atoms with Crippen LogP contribution in [0.1, 0.15) is 24.0 Å². The van der Waals surface area contributed by atoms with Crippen LogP contribution in [-0.2, 0) is 4.79 Å². The van der Waals surface area contributed by atoms with Crippen molar-refractivity contribution >= 4 is 12.0 Å². The van der Waals surface area contributed by atoms with Crippen molar-refractivity contribution in [2.24, 2.45) is 5.73 Å². The van der Waals surface area contributed by atoms with Gasteiger partial charge in [0.15, 0.2) is 0 Å². The van der Waals surface area contributed by atoms with Gasteiger partial charge in [0.05, 0.1) is 0 Å². The molecule has 0 aliphatic carbocycles. The zero-order valence-electron chi connectivity index (χ0n) is 10.8. The number of benzene rings is 1. The van der Waals surface area contributed by atoms with Gasteiger partial charge in [0.25, 0.3) is 0 Å². The van der Waals surface area contributed by atoms with E-state index >= 15 is 0 Å². The number of piperidine rings is 1. The quantitative estimate of drug-likeness (QED) is 0.808. The van der Waals surface area contributed by atoms with E-state index in [1.807, 2.05) is 42.2 Å². The summed E-state index contributed by atoms with van der Waals surface area (Å²) in [5, 5.41) is 0. The van der Waals surface area contributed by atoms with Crippen LogP contribution in [0.15, 0.2) is 30.3 Å². The Morgan fingerprint density at radius 2 is 2.11 bits per heavy atom. The SMILES string of the molecule is Cc1ccc(C=CC(=O)N2CCCC(N)C2)cc1. The monoisotopic (exact) mass is 244 g/mol. The normalized spacial score (nSPS) is 20.3. The van der Waals surface area contributed by atoms with Gasteiger partial charge in [-0.15, -0.1) is 0 Å². The average molecular weight is 244 g/mol. The summed E-state index contributed by atoms with van der Waals surface area (Å²) >= 11 is 0. The molecule has 1 aliphatic rings. The second kappa shape index (κ2) is 5.83. The van der Waals surface area contributed by atoms with E-state index in [4.69, 9.17) is 5.73 Å². The fraction of sp³-hybridized carbons (Fsp3) is 0.400. The van der Waals surface area contributed by atoms with Gasteiger partial charge in [-0.3, -0.25) is 4.79 Å². The highest BCUT2D eigenvalue weighted by Crippen LogP contribution is 2.10. The van der Waals surface area contributed by atoms with Crippen LogP contribution in [0.4, 0.5) is 0 Å². The van der Waals surface area contributed by atoms with Crippen LogP contribution in [0.2, 0.25) is 0 Å². The van der Waals surface area contributed by atoms with Crippen LogP contribution in [0, 0.1) is 6.92 Å². The van der Waals surface area contributed by atoms with Gasteiger partial charge in [-0.1, -0.05) is 29.8 Å². The van der Waals surface area contributed by atoms with Crippen molar-refractivity contribution in [2.45, 2.75) is 25.8 Å². The minimum Gasteiger partial charge on any atom is -0.338 e. The largest absolute Gasteiger partial charge is 0.338 e. The maximum atomic E-state index is 12.0. The van der Waals surface area contributed by atoms with Gasteiger partial charge in [-0.2, -0.15) is 0 Å². The summed E-state index contributed by atoms with van der Waals surface area (Å²) in [6.45, 7) is 3.55. The molecular formula is C15H20N2O. The smallest absolute Gasteiger partial charge is 0.246 e. The highest BCUT2D eigenvalue weighted by atomic mass is 16.2. The molecule has 96 valence electrons. The van der Waals surface area contributed by atoms with Crippen molar-refractivity contribution in [3.8, 4) is 0 Å². The highest BCUT2D eigenvalue weighted by molar-refractivity contribution is 5.91. The van der Waals surface area contributed by atoms with Crippen molar-refractivity contribution < 1.29 is 4.79 Å². The Morgan fingerprint density at radius 3 is 2.78 bits per heavy atom. The summed E-state index contributed by atoms with van der Waals surface area (Å²) in [5.41, 5.74) is 8.14. The summed E-state index contributed by atoms with van der Waals surface area (Å²) in [6.07, 6.45) is 5.53. The third kappa shape index (κ3) is 3.44. The molecule has 1 aromatic carbocycles. The zero-order chi connectivity index (χ0) is 13.0. The predicted octanol–water partition coefficient (Wildman–Crippen LogP) is 1.96. The first-order chi connectivity index (χ1) is 8.65. The third-order valence-corrected chi connectivity index (χ3v) is 3.27. The maximum absolute atomic E-state index is 12.0. The van der Waals surface area contributed by atoms with Crippen molar-refractivity contribution in [1.29, 1.82) is 0 Å². The minimum absolute atomic E-state index is 0.0609. The van der Waals surface area contributed by atoms with Gasteiger partial charge in [0, 0.05) is 25.2 Å². The van der Waals surface area contributed by atoms with Crippen LogP contribution in [0.25, 0.3) is 6.08 Å². The molecule has 3 heteroatoms. The molecule has 18 heavy (non-hydrogen) atoms. The van der Waals surface area contributed by atoms with Crippen LogP contribution in [0.5, 0.6) is 0 Å². The predicted molar refractivity (Wildman–Crippen MR) is 74.0 cm³/mol. The van der Waals surface area contributed by atoms with Gasteiger partial charge in [0.2, 0.25) is 5.91 Å². The fourth-order valence-corrected chi connectivity index (χ4v) is 2.16. The second-order valence-electron chi connectivity index (χ2n) is 4.93. The van der Waals surface area contributed by atoms with Gasteiger partial charge >= 0.3 is 0 Å². The molecule has 1 saturated heterocycles. The Hall–Kier alpha value is -1.61. The van der Waals surface area contributed by atoms with Gasteiger partial charge in [-0.25, -0.2) is 0 Å². The molecule has 1 heterocycles. The molecule has 1 atom stereocenters. The lowest BCUT2D eigenvalue weighted by molar-refractivity contribution is -0.127. The summed E-state index contributed by atoms with van der Waals surface area (Å²) in [4.78, 5) is 13.8. The number of nitrogens with zero attached hydrogens (tertiary/aromatic N) is 1. The molecule has 1 fully saturated rings. The standard InChI is InChI=1S/C15H20N2O/c1-12-4-6-13(7-5-12)8-9-15(18)17-10-2-3-14(16)11-17/h4-9,14H,2-3,10-11,16H2,1H3. The van der Waals surface area contributed by atoms with Crippen LogP contribution in [0.3, 0.4) is 0 Å². The third-order valence-electron chi connectivity index (χ3n) is 3.27. The molecule has 0 aromatic heterocycles.